The summed E-state index contributed by atoms with van der Waals surface area (Å²) in [5.41, 5.74) is 2.16. The van der Waals surface area contributed by atoms with Gasteiger partial charge in [0.2, 0.25) is 0 Å². The Kier molecular flexibility index (Phi) is 3.68. The Labute approximate surface area is 131 Å². The zero-order valence-electron chi connectivity index (χ0n) is 11.0. The molecule has 0 aliphatic rings. The number of hydrogen-bond donors (Lipinski definition) is 1. The second kappa shape index (κ2) is 5.46. The highest BCUT2D eigenvalue weighted by molar-refractivity contribution is 9.10. The van der Waals surface area contributed by atoms with Crippen molar-refractivity contribution >= 4 is 38.9 Å². The molecule has 0 radical (unpaired) electrons. The molecule has 100 valence electrons. The fraction of sp³-hybridized carbons (Fsp3) is 0.125. The maximum Gasteiger partial charge on any atom is 0.144 e. The number of halogens is 1. The molecule has 2 aromatic carbocycles. The van der Waals surface area contributed by atoms with Crippen LogP contribution >= 0.6 is 28.1 Å². The van der Waals surface area contributed by atoms with Crippen LogP contribution in [-0.2, 0) is 6.42 Å². The van der Waals surface area contributed by atoms with Crippen molar-refractivity contribution in [2.45, 2.75) is 13.3 Å². The van der Waals surface area contributed by atoms with Gasteiger partial charge in [0, 0.05) is 11.3 Å². The van der Waals surface area contributed by atoms with E-state index >= 15 is 0 Å². The van der Waals surface area contributed by atoms with E-state index in [0.29, 0.717) is 4.64 Å². The number of H-pyrrole nitrogens is 1. The number of aryl methyl sites for hydroxylation is 1. The van der Waals surface area contributed by atoms with Gasteiger partial charge in [-0.2, -0.15) is 0 Å². The number of nitrogens with zero attached hydrogens (tertiary/aromatic N) is 1. The summed E-state index contributed by atoms with van der Waals surface area (Å²) in [6, 6.07) is 14.5. The molecule has 0 saturated carbocycles. The van der Waals surface area contributed by atoms with Gasteiger partial charge in [0.1, 0.15) is 10.5 Å². The number of aromatic amines is 1. The Hall–Kier alpha value is -1.52. The first-order valence-electron chi connectivity index (χ1n) is 6.47. The van der Waals surface area contributed by atoms with E-state index in [4.69, 9.17) is 12.2 Å². The van der Waals surface area contributed by atoms with Gasteiger partial charge in [0.15, 0.2) is 0 Å². The van der Waals surface area contributed by atoms with E-state index < -0.39 is 0 Å². The molecule has 0 amide bonds. The molecule has 0 saturated heterocycles. The first-order valence-corrected chi connectivity index (χ1v) is 7.67. The lowest BCUT2D eigenvalue weighted by atomic mass is 10.0. The Bertz CT molecular complexity index is 834. The predicted octanol–water partition coefficient (Wildman–Crippen LogP) is 5.28. The van der Waals surface area contributed by atoms with Crippen molar-refractivity contribution in [3.63, 3.8) is 0 Å². The second-order valence-corrected chi connectivity index (χ2v) is 5.74. The Balaban J connectivity index is 2.31. The number of aromatic nitrogens is 2. The molecule has 0 spiro atoms. The molecule has 3 rings (SSSR count). The van der Waals surface area contributed by atoms with Crippen LogP contribution in [0.4, 0.5) is 0 Å². The van der Waals surface area contributed by atoms with E-state index in [1.807, 2.05) is 18.2 Å². The molecule has 0 fully saturated rings. The van der Waals surface area contributed by atoms with Crippen molar-refractivity contribution in [1.82, 2.24) is 9.97 Å². The number of hydrogen-bond acceptors (Lipinski definition) is 2. The van der Waals surface area contributed by atoms with Crippen LogP contribution in [-0.4, -0.2) is 9.97 Å². The maximum atomic E-state index is 5.34. The van der Waals surface area contributed by atoms with Gasteiger partial charge in [-0.3, -0.25) is 0 Å². The van der Waals surface area contributed by atoms with E-state index in [1.54, 1.807) is 0 Å². The second-order valence-electron chi connectivity index (χ2n) is 4.56. The largest absolute Gasteiger partial charge is 0.342 e. The molecule has 2 nitrogen and oxygen atoms in total. The molecule has 0 bridgehead atoms. The van der Waals surface area contributed by atoms with Crippen molar-refractivity contribution in [1.29, 1.82) is 0 Å². The van der Waals surface area contributed by atoms with E-state index in [1.165, 1.54) is 10.8 Å². The van der Waals surface area contributed by atoms with Crippen molar-refractivity contribution in [2.24, 2.45) is 0 Å². The topological polar surface area (TPSA) is 28.7 Å². The van der Waals surface area contributed by atoms with Crippen molar-refractivity contribution in [2.75, 3.05) is 0 Å². The number of rotatable bonds is 2. The lowest BCUT2D eigenvalue weighted by Gasteiger charge is -2.09. The minimum atomic E-state index is 0.600. The molecule has 1 N–H and O–H groups in total. The van der Waals surface area contributed by atoms with Gasteiger partial charge in [-0.05, 0) is 33.1 Å². The van der Waals surface area contributed by atoms with Crippen LogP contribution in [0.15, 0.2) is 46.9 Å². The molecule has 20 heavy (non-hydrogen) atoms. The van der Waals surface area contributed by atoms with E-state index in [2.05, 4.69) is 57.1 Å². The Morgan fingerprint density at radius 2 is 1.90 bits per heavy atom. The summed E-state index contributed by atoms with van der Waals surface area (Å²) in [6.45, 7) is 2.10. The molecule has 0 aliphatic heterocycles. The van der Waals surface area contributed by atoms with Crippen LogP contribution in [0.25, 0.3) is 22.2 Å². The molecular formula is C16H13BrN2S. The quantitative estimate of drug-likeness (QED) is 0.640. The first kappa shape index (κ1) is 13.5. The predicted molar refractivity (Wildman–Crippen MR) is 89.4 cm³/mol. The number of fused-ring (bicyclic) bond motifs is 1. The fourth-order valence-corrected chi connectivity index (χ4v) is 2.99. The average Bonchev–Trinajstić information content (AvgIpc) is 2.49. The summed E-state index contributed by atoms with van der Waals surface area (Å²) in [6.07, 6.45) is 0.879. The van der Waals surface area contributed by atoms with Crippen molar-refractivity contribution in [3.05, 3.63) is 57.3 Å². The highest BCUT2D eigenvalue weighted by Gasteiger charge is 2.09. The normalized spacial score (nSPS) is 10.9. The highest BCUT2D eigenvalue weighted by Crippen LogP contribution is 2.28. The van der Waals surface area contributed by atoms with Crippen LogP contribution in [0, 0.1) is 4.64 Å². The number of benzene rings is 2. The van der Waals surface area contributed by atoms with Gasteiger partial charge >= 0.3 is 0 Å². The van der Waals surface area contributed by atoms with Gasteiger partial charge in [0.05, 0.1) is 4.47 Å². The average molecular weight is 345 g/mol. The molecule has 0 aliphatic carbocycles. The standard InChI is InChI=1S/C16H13BrN2S/c1-2-13-14(17)16(20)19-15(18-13)12-9-5-7-10-6-3-4-8-11(10)12/h3-9H,2H2,1H3,(H,18,19,20). The van der Waals surface area contributed by atoms with Crippen LogP contribution in [0.5, 0.6) is 0 Å². The third-order valence-corrected chi connectivity index (χ3v) is 4.75. The van der Waals surface area contributed by atoms with E-state index in [9.17, 15) is 0 Å². The van der Waals surface area contributed by atoms with Gasteiger partial charge in [-0.15, -0.1) is 0 Å². The monoisotopic (exact) mass is 344 g/mol. The molecule has 0 atom stereocenters. The highest BCUT2D eigenvalue weighted by atomic mass is 79.9. The van der Waals surface area contributed by atoms with E-state index in [0.717, 1.165) is 28.0 Å². The van der Waals surface area contributed by atoms with E-state index in [-0.39, 0.29) is 0 Å². The lowest BCUT2D eigenvalue weighted by Crippen LogP contribution is -1.97. The zero-order valence-corrected chi connectivity index (χ0v) is 13.4. The summed E-state index contributed by atoms with van der Waals surface area (Å²) in [5.74, 6) is 0.826. The fourth-order valence-electron chi connectivity index (χ4n) is 2.31. The lowest BCUT2D eigenvalue weighted by molar-refractivity contribution is 0.985. The maximum absolute atomic E-state index is 5.34. The minimum Gasteiger partial charge on any atom is -0.342 e. The SMILES string of the molecule is CCc1[nH]c(-c2cccc3ccccc23)nc(=S)c1Br. The molecular weight excluding hydrogens is 332 g/mol. The van der Waals surface area contributed by atoms with Gasteiger partial charge in [0.25, 0.3) is 0 Å². The first-order chi connectivity index (χ1) is 9.70. The van der Waals surface area contributed by atoms with Crippen LogP contribution < -0.4 is 0 Å². The molecule has 1 aromatic heterocycles. The van der Waals surface area contributed by atoms with Crippen LogP contribution in [0.3, 0.4) is 0 Å². The summed E-state index contributed by atoms with van der Waals surface area (Å²) < 4.78 is 1.49. The van der Waals surface area contributed by atoms with Gasteiger partial charge < -0.3 is 4.98 Å². The van der Waals surface area contributed by atoms with Gasteiger partial charge in [-0.1, -0.05) is 61.6 Å². The van der Waals surface area contributed by atoms with Gasteiger partial charge in [-0.25, -0.2) is 4.98 Å². The van der Waals surface area contributed by atoms with Crippen molar-refractivity contribution < 1.29 is 0 Å². The van der Waals surface area contributed by atoms with Crippen LogP contribution in [0.2, 0.25) is 0 Å². The molecule has 3 aromatic rings. The zero-order chi connectivity index (χ0) is 14.1. The molecule has 0 unspecified atom stereocenters. The Morgan fingerprint density at radius 1 is 1.15 bits per heavy atom. The summed E-state index contributed by atoms with van der Waals surface area (Å²) in [4.78, 5) is 7.90. The Morgan fingerprint density at radius 3 is 2.70 bits per heavy atom. The summed E-state index contributed by atoms with van der Waals surface area (Å²) in [5, 5.41) is 2.38. The summed E-state index contributed by atoms with van der Waals surface area (Å²) >= 11 is 8.84. The smallest absolute Gasteiger partial charge is 0.144 e. The molecule has 4 heteroatoms. The summed E-state index contributed by atoms with van der Waals surface area (Å²) in [7, 11) is 0. The minimum absolute atomic E-state index is 0.600. The third kappa shape index (κ3) is 2.30. The van der Waals surface area contributed by atoms with Crippen LogP contribution in [0.1, 0.15) is 12.6 Å². The molecule has 1 heterocycles. The number of nitrogens with one attached hydrogen (secondary N) is 1. The van der Waals surface area contributed by atoms with Crippen molar-refractivity contribution in [3.8, 4) is 11.4 Å². The third-order valence-electron chi connectivity index (χ3n) is 3.33.